The standard InChI is InChI=1S/2C19H22F2NO2S.2C5H5.Ti/c2*1-15(2)14-22(25(23,24)18-8-4-3-5-9-18)12-6-7-16-10-11-17(20)13-19(16)21;2*1-2-4-5-3-1;/h2*3-5,8-11,15H,6-7,12,14H2,1-2H3;2*1-3H,4H2;/q4*-1;+4. The van der Waals surface area contributed by atoms with Gasteiger partial charge in [0.2, 0.25) is 20.0 Å². The van der Waals surface area contributed by atoms with E-state index in [9.17, 15) is 34.4 Å². The summed E-state index contributed by atoms with van der Waals surface area (Å²) >= 11 is 0. The van der Waals surface area contributed by atoms with Gasteiger partial charge in [0.05, 0.1) is 9.79 Å². The van der Waals surface area contributed by atoms with E-state index >= 15 is 0 Å². The zero-order valence-corrected chi connectivity index (χ0v) is 38.3. The van der Waals surface area contributed by atoms with Gasteiger partial charge in [-0.05, 0) is 48.9 Å². The number of hydrogen-bond acceptors (Lipinski definition) is 4. The van der Waals surface area contributed by atoms with Crippen molar-refractivity contribution < 1.29 is 56.1 Å². The summed E-state index contributed by atoms with van der Waals surface area (Å²) in [7, 11) is -7.19. The van der Waals surface area contributed by atoms with Gasteiger partial charge in [0, 0.05) is 49.4 Å². The van der Waals surface area contributed by atoms with Crippen molar-refractivity contribution in [1.29, 1.82) is 0 Å². The molecule has 61 heavy (non-hydrogen) atoms. The molecule has 324 valence electrons. The van der Waals surface area contributed by atoms with Crippen LogP contribution < -0.4 is 0 Å². The number of halogens is 4. The van der Waals surface area contributed by atoms with E-state index in [4.69, 9.17) is 0 Å². The van der Waals surface area contributed by atoms with Crippen LogP contribution in [-0.4, -0.2) is 51.6 Å². The molecule has 0 saturated heterocycles. The van der Waals surface area contributed by atoms with E-state index < -0.39 is 43.3 Å². The monoisotopic (exact) mass is 910 g/mol. The van der Waals surface area contributed by atoms with E-state index in [2.05, 4.69) is 24.3 Å². The predicted molar refractivity (Wildman–Crippen MR) is 230 cm³/mol. The zero-order valence-electron chi connectivity index (χ0n) is 35.1. The van der Waals surface area contributed by atoms with Crippen molar-refractivity contribution in [2.24, 2.45) is 11.8 Å². The van der Waals surface area contributed by atoms with Crippen molar-refractivity contribution in [3.8, 4) is 0 Å². The molecular weight excluding hydrogens is 857 g/mol. The van der Waals surface area contributed by atoms with Gasteiger partial charge in [-0.3, -0.25) is 12.2 Å². The molecule has 0 aliphatic heterocycles. The third kappa shape index (κ3) is 19.4. The number of hydrogen-bond donors (Lipinski definition) is 0. The molecule has 0 bridgehead atoms. The molecular formula is C48H54F4N2O4S2Ti. The minimum Gasteiger partial charge on any atom is -0.273 e. The summed E-state index contributed by atoms with van der Waals surface area (Å²) in [6.07, 6.45) is 21.5. The Morgan fingerprint density at radius 1 is 0.557 bits per heavy atom. The Kier molecular flexibility index (Phi) is 24.4. The summed E-state index contributed by atoms with van der Waals surface area (Å²) in [6, 6.07) is 25.6. The first-order chi connectivity index (χ1) is 28.6. The topological polar surface area (TPSA) is 74.8 Å². The Morgan fingerprint density at radius 2 is 0.918 bits per heavy atom. The fourth-order valence-electron chi connectivity index (χ4n) is 5.82. The summed E-state index contributed by atoms with van der Waals surface area (Å²) in [6.45, 7) is 9.09. The fourth-order valence-corrected chi connectivity index (χ4v) is 9.15. The third-order valence-corrected chi connectivity index (χ3v) is 12.4. The second kappa shape index (κ2) is 27.9. The first kappa shape index (κ1) is 53.2. The summed E-state index contributed by atoms with van der Waals surface area (Å²) < 4.78 is 107. The Balaban J connectivity index is 0.000000335. The molecule has 0 unspecified atom stereocenters. The van der Waals surface area contributed by atoms with Crippen LogP contribution in [0.2, 0.25) is 0 Å². The van der Waals surface area contributed by atoms with Crippen molar-refractivity contribution in [2.75, 3.05) is 26.2 Å². The Hall–Kier alpha value is -3.91. The van der Waals surface area contributed by atoms with Crippen LogP contribution >= 0.6 is 0 Å². The Bertz CT molecular complexity index is 2060. The van der Waals surface area contributed by atoms with Gasteiger partial charge in [-0.2, -0.15) is 32.9 Å². The number of nitrogens with zero attached hydrogens (tertiary/aromatic N) is 2. The van der Waals surface area contributed by atoms with Crippen molar-refractivity contribution in [2.45, 2.75) is 76.0 Å². The molecule has 4 aromatic carbocycles. The Morgan fingerprint density at radius 3 is 1.18 bits per heavy atom. The summed E-state index contributed by atoms with van der Waals surface area (Å²) in [5.74, 6) is -2.60. The van der Waals surface area contributed by atoms with E-state index in [0.717, 1.165) is 25.0 Å². The molecule has 0 saturated carbocycles. The van der Waals surface area contributed by atoms with Crippen molar-refractivity contribution in [1.82, 2.24) is 8.61 Å². The quantitative estimate of drug-likeness (QED) is 0.0638. The van der Waals surface area contributed by atoms with Crippen LogP contribution in [0.4, 0.5) is 17.6 Å². The summed E-state index contributed by atoms with van der Waals surface area (Å²) in [4.78, 5) is 0.494. The number of benzene rings is 4. The third-order valence-electron chi connectivity index (χ3n) is 8.66. The molecule has 0 atom stereocenters. The van der Waals surface area contributed by atoms with Crippen LogP contribution in [0.25, 0.3) is 0 Å². The molecule has 0 fully saturated rings. The van der Waals surface area contributed by atoms with Gasteiger partial charge in [-0.15, -0.1) is 48.2 Å². The molecule has 0 amide bonds. The van der Waals surface area contributed by atoms with Crippen LogP contribution in [0.15, 0.2) is 131 Å². The molecule has 6 nitrogen and oxygen atoms in total. The predicted octanol–water partition coefficient (Wildman–Crippen LogP) is 10.7. The van der Waals surface area contributed by atoms with Gasteiger partial charge in [-0.25, -0.2) is 58.7 Å². The average molecular weight is 911 g/mol. The largest absolute Gasteiger partial charge is 4.00 e. The fraction of sp³-hybridized carbons (Fsp3) is 0.333. The van der Waals surface area contributed by atoms with Gasteiger partial charge in [0.1, 0.15) is 0 Å². The molecule has 6 rings (SSSR count). The SMILES string of the molecule is CC(C)CN(CCCc1ccc(F)[c-]c1F)S(=O)(=O)c1ccccc1.CC(C)CN(CCCc1ccc(F)[c-]c1F)S(=O)(=O)c1ccccc1.[C-]1=CC=CC1.[C-]1=CC=CC1.[Ti+4]. The van der Waals surface area contributed by atoms with Crippen LogP contribution in [0.1, 0.15) is 64.5 Å². The zero-order chi connectivity index (χ0) is 44.0. The minimum absolute atomic E-state index is 0. The van der Waals surface area contributed by atoms with Gasteiger partial charge in [0.15, 0.2) is 0 Å². The van der Waals surface area contributed by atoms with Gasteiger partial charge >= 0.3 is 21.7 Å². The molecule has 0 spiro atoms. The maximum atomic E-state index is 13.7. The first-order valence-electron chi connectivity index (χ1n) is 19.9. The van der Waals surface area contributed by atoms with E-state index in [-0.39, 0.29) is 56.4 Å². The van der Waals surface area contributed by atoms with Crippen LogP contribution in [0, 0.1) is 59.4 Å². The van der Waals surface area contributed by atoms with Crippen molar-refractivity contribution in [3.05, 3.63) is 180 Å². The molecule has 0 aromatic heterocycles. The molecule has 0 radical (unpaired) electrons. The number of sulfonamides is 2. The maximum Gasteiger partial charge on any atom is 4.00 e. The smallest absolute Gasteiger partial charge is 0.273 e. The molecule has 13 heteroatoms. The average Bonchev–Trinajstić information content (AvgIpc) is 4.01. The number of allylic oxidation sites excluding steroid dienone is 8. The van der Waals surface area contributed by atoms with E-state index in [1.165, 1.54) is 20.7 Å². The minimum atomic E-state index is -3.60. The van der Waals surface area contributed by atoms with Crippen molar-refractivity contribution >= 4 is 20.0 Å². The van der Waals surface area contributed by atoms with Gasteiger partial charge < -0.3 is 0 Å². The van der Waals surface area contributed by atoms with Gasteiger partial charge in [-0.1, -0.05) is 76.9 Å². The summed E-state index contributed by atoms with van der Waals surface area (Å²) in [5, 5.41) is 0. The molecule has 0 N–H and O–H groups in total. The van der Waals surface area contributed by atoms with E-state index in [0.29, 0.717) is 49.9 Å². The molecule has 2 aliphatic carbocycles. The van der Waals surface area contributed by atoms with Crippen LogP contribution in [-0.2, 0) is 54.6 Å². The first-order valence-corrected chi connectivity index (χ1v) is 22.8. The number of rotatable bonds is 16. The normalized spacial score (nSPS) is 12.8. The second-order valence-electron chi connectivity index (χ2n) is 14.6. The maximum absolute atomic E-state index is 13.7. The van der Waals surface area contributed by atoms with Crippen molar-refractivity contribution in [3.63, 3.8) is 0 Å². The summed E-state index contributed by atoms with van der Waals surface area (Å²) in [5.41, 5.74) is 0.672. The Labute approximate surface area is 376 Å². The van der Waals surface area contributed by atoms with Crippen LogP contribution in [0.5, 0.6) is 0 Å². The van der Waals surface area contributed by atoms with E-state index in [1.807, 2.05) is 64.1 Å². The molecule has 4 aromatic rings. The van der Waals surface area contributed by atoms with Gasteiger partial charge in [0.25, 0.3) is 0 Å². The van der Waals surface area contributed by atoms with Crippen LogP contribution in [0.3, 0.4) is 0 Å². The second-order valence-corrected chi connectivity index (χ2v) is 18.5. The number of aryl methyl sites for hydroxylation is 2. The molecule has 2 aliphatic rings. The van der Waals surface area contributed by atoms with E-state index in [1.54, 1.807) is 60.7 Å². The molecule has 0 heterocycles.